The quantitative estimate of drug-likeness (QED) is 0.639. The molecule has 2 aromatic rings. The lowest BCUT2D eigenvalue weighted by Gasteiger charge is -2.45. The van der Waals surface area contributed by atoms with E-state index >= 15 is 0 Å². The summed E-state index contributed by atoms with van der Waals surface area (Å²) in [6.07, 6.45) is 4.62. The molecule has 0 radical (unpaired) electrons. The van der Waals surface area contributed by atoms with Crippen molar-refractivity contribution in [2.45, 2.75) is 37.2 Å². The number of benzene rings is 2. The number of aliphatic imine (C=N–C) groups is 1. The maximum absolute atomic E-state index is 13.0. The number of hydrogen-bond donors (Lipinski definition) is 2. The summed E-state index contributed by atoms with van der Waals surface area (Å²) >= 11 is 12.4. The second-order valence-electron chi connectivity index (χ2n) is 8.36. The molecular formula is C25H23Cl2N3O3. The van der Waals surface area contributed by atoms with Gasteiger partial charge in [0, 0.05) is 16.2 Å². The van der Waals surface area contributed by atoms with E-state index in [9.17, 15) is 9.90 Å². The van der Waals surface area contributed by atoms with Crippen LogP contribution in [0.4, 0.5) is 0 Å². The number of carbonyl (C=O) groups excluding carboxylic acids is 1. The summed E-state index contributed by atoms with van der Waals surface area (Å²) in [5.41, 5.74) is 0.124. The number of esters is 1. The molecule has 2 aromatic carbocycles. The van der Waals surface area contributed by atoms with E-state index in [0.29, 0.717) is 15.9 Å². The average Bonchev–Trinajstić information content (AvgIpc) is 3.23. The van der Waals surface area contributed by atoms with Crippen molar-refractivity contribution in [1.29, 1.82) is 0 Å². The van der Waals surface area contributed by atoms with Crippen LogP contribution in [0.15, 0.2) is 77.4 Å². The van der Waals surface area contributed by atoms with E-state index in [2.05, 4.69) is 5.32 Å². The first-order valence-electron chi connectivity index (χ1n) is 10.7. The van der Waals surface area contributed by atoms with Crippen molar-refractivity contribution in [1.82, 2.24) is 10.2 Å². The van der Waals surface area contributed by atoms with Crippen molar-refractivity contribution in [3.05, 3.63) is 93.6 Å². The van der Waals surface area contributed by atoms with Crippen LogP contribution in [0, 0.1) is 0 Å². The van der Waals surface area contributed by atoms with Gasteiger partial charge in [-0.15, -0.1) is 0 Å². The Morgan fingerprint density at radius 1 is 1.09 bits per heavy atom. The van der Waals surface area contributed by atoms with Crippen LogP contribution in [0.2, 0.25) is 10.0 Å². The molecule has 0 amide bonds. The van der Waals surface area contributed by atoms with Gasteiger partial charge in [-0.05, 0) is 60.9 Å². The van der Waals surface area contributed by atoms with Gasteiger partial charge in [0.2, 0.25) is 0 Å². The van der Waals surface area contributed by atoms with Crippen molar-refractivity contribution < 1.29 is 14.6 Å². The van der Waals surface area contributed by atoms with Crippen molar-refractivity contribution in [3.8, 4) is 0 Å². The Hall–Kier alpha value is -2.64. The van der Waals surface area contributed by atoms with Gasteiger partial charge in [-0.2, -0.15) is 0 Å². The number of nitrogens with zero attached hydrogens (tertiary/aromatic N) is 2. The molecule has 3 aliphatic rings. The zero-order valence-corrected chi connectivity index (χ0v) is 19.6. The molecule has 2 N–H and O–H groups in total. The number of aliphatic hydroxyl groups is 1. The summed E-state index contributed by atoms with van der Waals surface area (Å²) in [5, 5.41) is 16.4. The molecule has 5 rings (SSSR count). The van der Waals surface area contributed by atoms with Gasteiger partial charge in [0.05, 0.1) is 6.61 Å². The zero-order valence-electron chi connectivity index (χ0n) is 18.1. The van der Waals surface area contributed by atoms with Crippen LogP contribution in [0.3, 0.4) is 0 Å². The Labute approximate surface area is 202 Å². The molecular weight excluding hydrogens is 461 g/mol. The number of hydrogen-bond acceptors (Lipinski definition) is 6. The number of fused-ring (bicyclic) bond motifs is 3. The van der Waals surface area contributed by atoms with Gasteiger partial charge in [-0.3, -0.25) is 10.1 Å². The highest BCUT2D eigenvalue weighted by Gasteiger charge is 2.73. The number of rotatable bonds is 4. The predicted octanol–water partition coefficient (Wildman–Crippen LogP) is 4.13. The minimum Gasteiger partial charge on any atom is -0.465 e. The first kappa shape index (κ1) is 22.2. The molecule has 1 saturated heterocycles. The molecule has 1 fully saturated rings. The molecule has 33 heavy (non-hydrogen) atoms. The molecule has 3 aliphatic heterocycles. The SMILES string of the molecule is CCOC(=O)[C@@H]1N[C@@]2(c3ccc(Cl)cc3)N3C=C(C)C=CC3=N[C@]2(c2ccc(Cl)cc2)[C@@H]1O. The number of carbonyl (C=O) groups is 1. The number of amidine groups is 1. The predicted molar refractivity (Wildman–Crippen MR) is 128 cm³/mol. The summed E-state index contributed by atoms with van der Waals surface area (Å²) in [6, 6.07) is 13.6. The zero-order chi connectivity index (χ0) is 23.4. The van der Waals surface area contributed by atoms with E-state index < -0.39 is 29.3 Å². The maximum atomic E-state index is 13.0. The van der Waals surface area contributed by atoms with Crippen LogP contribution in [0.1, 0.15) is 25.0 Å². The minimum absolute atomic E-state index is 0.200. The summed E-state index contributed by atoms with van der Waals surface area (Å²) in [7, 11) is 0. The van der Waals surface area contributed by atoms with E-state index in [1.807, 2.05) is 54.4 Å². The van der Waals surface area contributed by atoms with Crippen molar-refractivity contribution in [2.75, 3.05) is 6.61 Å². The Morgan fingerprint density at radius 3 is 2.30 bits per heavy atom. The van der Waals surface area contributed by atoms with Crippen molar-refractivity contribution in [3.63, 3.8) is 0 Å². The van der Waals surface area contributed by atoms with E-state index in [0.717, 1.165) is 16.7 Å². The molecule has 3 heterocycles. The standard InChI is InChI=1S/C25H23Cl2N3O3/c1-3-33-23(32)21-22(31)24(16-5-9-18(26)10-6-16)25(29-21,17-7-11-19(27)12-8-17)30-14-15(2)4-13-20(30)28-24/h4-14,21-22,29,31H,3H2,1-2H3/t21-,22-,24-,25+/m1/s1. The van der Waals surface area contributed by atoms with E-state index in [-0.39, 0.29) is 6.61 Å². The van der Waals surface area contributed by atoms with Gasteiger partial charge >= 0.3 is 5.97 Å². The van der Waals surface area contributed by atoms with Crippen LogP contribution < -0.4 is 5.32 Å². The van der Waals surface area contributed by atoms with Crippen LogP contribution in [0.5, 0.6) is 0 Å². The van der Waals surface area contributed by atoms with Crippen LogP contribution in [-0.4, -0.2) is 40.6 Å². The molecule has 0 aliphatic carbocycles. The third kappa shape index (κ3) is 3.09. The Kier molecular flexibility index (Phi) is 5.37. The Morgan fingerprint density at radius 2 is 1.70 bits per heavy atom. The van der Waals surface area contributed by atoms with Gasteiger partial charge in [-0.1, -0.05) is 53.5 Å². The molecule has 4 atom stereocenters. The van der Waals surface area contributed by atoms with Gasteiger partial charge in [0.15, 0.2) is 11.2 Å². The lowest BCUT2D eigenvalue weighted by atomic mass is 9.73. The highest BCUT2D eigenvalue weighted by Crippen LogP contribution is 2.58. The normalized spacial score (nSPS) is 29.9. The number of halogens is 2. The van der Waals surface area contributed by atoms with Crippen molar-refractivity contribution >= 4 is 35.0 Å². The van der Waals surface area contributed by atoms with Gasteiger partial charge < -0.3 is 14.7 Å². The molecule has 6 nitrogen and oxygen atoms in total. The van der Waals surface area contributed by atoms with E-state index in [1.165, 1.54) is 0 Å². The first-order chi connectivity index (χ1) is 15.8. The fourth-order valence-electron chi connectivity index (χ4n) is 5.11. The Bertz CT molecular complexity index is 1190. The molecule has 170 valence electrons. The summed E-state index contributed by atoms with van der Waals surface area (Å²) < 4.78 is 5.32. The topological polar surface area (TPSA) is 74.2 Å². The highest BCUT2D eigenvalue weighted by molar-refractivity contribution is 6.30. The Balaban J connectivity index is 1.83. The largest absolute Gasteiger partial charge is 0.465 e. The third-order valence-electron chi connectivity index (χ3n) is 6.47. The molecule has 0 saturated carbocycles. The summed E-state index contributed by atoms with van der Waals surface area (Å²) in [5.74, 6) is 0.130. The van der Waals surface area contributed by atoms with Crippen molar-refractivity contribution in [2.24, 2.45) is 4.99 Å². The number of aliphatic hydroxyl groups excluding tert-OH is 1. The first-order valence-corrected chi connectivity index (χ1v) is 11.5. The summed E-state index contributed by atoms with van der Waals surface area (Å²) in [6.45, 7) is 3.92. The lowest BCUT2D eigenvalue weighted by molar-refractivity contribution is -0.148. The monoisotopic (exact) mass is 483 g/mol. The molecule has 0 bridgehead atoms. The molecule has 0 spiro atoms. The maximum Gasteiger partial charge on any atom is 0.326 e. The minimum atomic E-state index is -1.27. The van der Waals surface area contributed by atoms with Crippen LogP contribution in [0.25, 0.3) is 0 Å². The third-order valence-corrected chi connectivity index (χ3v) is 6.98. The molecule has 8 heteroatoms. The van der Waals surface area contributed by atoms with Gasteiger partial charge in [0.25, 0.3) is 0 Å². The molecule has 0 aromatic heterocycles. The second-order valence-corrected chi connectivity index (χ2v) is 9.23. The van der Waals surface area contributed by atoms with E-state index in [4.69, 9.17) is 32.9 Å². The second kappa shape index (κ2) is 7.99. The van der Waals surface area contributed by atoms with E-state index in [1.54, 1.807) is 31.2 Å². The molecule has 0 unspecified atom stereocenters. The van der Waals surface area contributed by atoms with Gasteiger partial charge in [-0.25, -0.2) is 4.99 Å². The number of ether oxygens (including phenoxy) is 1. The lowest BCUT2D eigenvalue weighted by Crippen LogP contribution is -2.59. The number of allylic oxidation sites excluding steroid dienone is 2. The average molecular weight is 484 g/mol. The summed E-state index contributed by atoms with van der Waals surface area (Å²) in [4.78, 5) is 20.1. The van der Waals surface area contributed by atoms with Crippen LogP contribution in [-0.2, 0) is 20.7 Å². The highest BCUT2D eigenvalue weighted by atomic mass is 35.5. The van der Waals surface area contributed by atoms with Crippen LogP contribution >= 0.6 is 23.2 Å². The number of nitrogens with one attached hydrogen (secondary N) is 1. The fraction of sp³-hybridized carbons (Fsp3) is 0.280. The van der Waals surface area contributed by atoms with Gasteiger partial charge in [0.1, 0.15) is 18.0 Å². The fourth-order valence-corrected chi connectivity index (χ4v) is 5.36. The smallest absolute Gasteiger partial charge is 0.326 e.